The van der Waals surface area contributed by atoms with Gasteiger partial charge in [0.15, 0.2) is 5.78 Å². The molecule has 0 saturated heterocycles. The molecule has 1 fully saturated rings. The maximum atomic E-state index is 13.7. The molecule has 4 aromatic rings. The van der Waals surface area contributed by atoms with Crippen LogP contribution in [0.4, 0.5) is 21.1 Å². The van der Waals surface area contributed by atoms with Gasteiger partial charge in [0.05, 0.1) is 63.2 Å². The highest BCUT2D eigenvalue weighted by molar-refractivity contribution is 7.84. The van der Waals surface area contributed by atoms with Crippen molar-refractivity contribution >= 4 is 74.4 Å². The van der Waals surface area contributed by atoms with Gasteiger partial charge in [-0.05, 0) is 92.2 Å². The van der Waals surface area contributed by atoms with Gasteiger partial charge < -0.3 is 55.8 Å². The molecule has 2 aromatic carbocycles. The van der Waals surface area contributed by atoms with Crippen LogP contribution in [-0.2, 0) is 70.4 Å². The van der Waals surface area contributed by atoms with Crippen molar-refractivity contribution < 1.29 is 65.1 Å². The Balaban J connectivity index is 0.768. The molecule has 25 nitrogen and oxygen atoms in total. The van der Waals surface area contributed by atoms with E-state index in [1.807, 2.05) is 18.3 Å². The number of anilines is 2. The van der Waals surface area contributed by atoms with E-state index in [1.54, 1.807) is 44.4 Å². The lowest BCUT2D eigenvalue weighted by Gasteiger charge is -2.24. The SMILES string of the molecule is CC(C)[C@@H](NC(=O)CCCCCN1C(=O)C=CC1=O)C(=O)C[C@H](CCCNC(N)=O)C(=O)Nc1ccc(COC(=O)NCCOCCOCCO[C@H]2C[C@H](n3ccc4c(N[C@H]5CCc6ccccc65)ncnc43)C[C@H]2COS(N)(=O)=O)cc1. The van der Waals surface area contributed by atoms with Gasteiger partial charge in [0.1, 0.15) is 24.4 Å². The fraction of sp³-hybridized carbons (Fsp3) is 0.526. The number of imide groups is 1. The first-order valence-electron chi connectivity index (χ1n) is 28.2. The summed E-state index contributed by atoms with van der Waals surface area (Å²) in [4.78, 5) is 97.9. The average Bonchev–Trinajstić information content (AvgIpc) is 4.34. The maximum absolute atomic E-state index is 13.7. The second-order valence-corrected chi connectivity index (χ2v) is 22.4. The number of ketones is 1. The summed E-state index contributed by atoms with van der Waals surface area (Å²) >= 11 is 0. The number of primary amides is 1. The van der Waals surface area contributed by atoms with Crippen molar-refractivity contribution in [1.29, 1.82) is 0 Å². The lowest BCUT2D eigenvalue weighted by molar-refractivity contribution is -0.137. The Morgan fingerprint density at radius 2 is 1.59 bits per heavy atom. The van der Waals surface area contributed by atoms with Crippen LogP contribution in [0.5, 0.6) is 0 Å². The van der Waals surface area contributed by atoms with Crippen molar-refractivity contribution in [2.24, 2.45) is 28.6 Å². The van der Waals surface area contributed by atoms with Gasteiger partial charge >= 0.3 is 22.4 Å². The fourth-order valence-electron chi connectivity index (χ4n) is 10.5. The van der Waals surface area contributed by atoms with Crippen LogP contribution in [0.3, 0.4) is 0 Å². The molecule has 3 aliphatic rings. The summed E-state index contributed by atoms with van der Waals surface area (Å²) in [6.07, 6.45) is 10.3. The number of nitrogens with zero attached hydrogens (tertiary/aromatic N) is 4. The largest absolute Gasteiger partial charge is 0.445 e. The molecule has 7 rings (SSSR count). The third-order valence-electron chi connectivity index (χ3n) is 14.8. The highest BCUT2D eigenvalue weighted by Crippen LogP contribution is 2.40. The number of hydrogen-bond donors (Lipinski definition) is 7. The number of hydrogen-bond acceptors (Lipinski definition) is 17. The van der Waals surface area contributed by atoms with Crippen LogP contribution in [0.25, 0.3) is 11.0 Å². The summed E-state index contributed by atoms with van der Waals surface area (Å²) in [5.74, 6) is -2.40. The van der Waals surface area contributed by atoms with Crippen molar-refractivity contribution in [2.45, 2.75) is 115 Å². The van der Waals surface area contributed by atoms with E-state index in [4.69, 9.17) is 34.0 Å². The summed E-state index contributed by atoms with van der Waals surface area (Å²) in [5.41, 5.74) is 9.66. The third kappa shape index (κ3) is 19.6. The van der Waals surface area contributed by atoms with Gasteiger partial charge in [-0.2, -0.15) is 8.42 Å². The van der Waals surface area contributed by atoms with Crippen LogP contribution >= 0.6 is 0 Å². The van der Waals surface area contributed by atoms with Gasteiger partial charge in [0, 0.05) is 74.4 Å². The van der Waals surface area contributed by atoms with Gasteiger partial charge in [0.25, 0.3) is 11.8 Å². The Morgan fingerprint density at radius 1 is 0.843 bits per heavy atom. The molecule has 2 aliphatic carbocycles. The van der Waals surface area contributed by atoms with Crippen molar-refractivity contribution in [3.05, 3.63) is 96.0 Å². The molecule has 0 spiro atoms. The number of nitrogens with two attached hydrogens (primary N) is 2. The zero-order valence-electron chi connectivity index (χ0n) is 47.0. The zero-order valence-corrected chi connectivity index (χ0v) is 47.8. The smallest absolute Gasteiger partial charge is 0.407 e. The van der Waals surface area contributed by atoms with Crippen LogP contribution < -0.4 is 37.5 Å². The van der Waals surface area contributed by atoms with E-state index in [2.05, 4.69) is 59.3 Å². The van der Waals surface area contributed by atoms with Gasteiger partial charge in [0.2, 0.25) is 11.8 Å². The van der Waals surface area contributed by atoms with Crippen LogP contribution in [0, 0.1) is 17.8 Å². The number of aryl methyl sites for hydroxylation is 1. The van der Waals surface area contributed by atoms with Crippen molar-refractivity contribution in [2.75, 3.05) is 69.9 Å². The number of unbranched alkanes of at least 4 members (excludes halogenated alkanes) is 2. The molecule has 1 saturated carbocycles. The van der Waals surface area contributed by atoms with Crippen molar-refractivity contribution in [3.8, 4) is 0 Å². The van der Waals surface area contributed by atoms with Crippen LogP contribution in [-0.4, -0.2) is 141 Å². The lowest BCUT2D eigenvalue weighted by atomic mass is 9.89. The number of fused-ring (bicyclic) bond motifs is 2. The molecule has 0 bridgehead atoms. The summed E-state index contributed by atoms with van der Waals surface area (Å²) in [7, 11) is -4.17. The minimum atomic E-state index is -4.17. The van der Waals surface area contributed by atoms with Gasteiger partial charge in [-0.3, -0.25) is 33.1 Å². The molecule has 450 valence electrons. The van der Waals surface area contributed by atoms with E-state index < -0.39 is 40.3 Å². The van der Waals surface area contributed by atoms with E-state index in [-0.39, 0.29) is 139 Å². The highest BCUT2D eigenvalue weighted by atomic mass is 32.2. The van der Waals surface area contributed by atoms with E-state index in [9.17, 15) is 42.0 Å². The Bertz CT molecular complexity index is 2990. The molecule has 1 aliphatic heterocycles. The number of benzene rings is 2. The van der Waals surface area contributed by atoms with Crippen LogP contribution in [0.2, 0.25) is 0 Å². The Morgan fingerprint density at radius 3 is 2.34 bits per heavy atom. The monoisotopic (exact) mass is 1170 g/mol. The number of aromatic nitrogens is 3. The minimum absolute atomic E-state index is 0.0573. The van der Waals surface area contributed by atoms with Crippen molar-refractivity contribution in [3.63, 3.8) is 0 Å². The molecule has 6 atom stereocenters. The van der Waals surface area contributed by atoms with Crippen LogP contribution in [0.1, 0.15) is 107 Å². The molecule has 83 heavy (non-hydrogen) atoms. The molecular weight excluding hydrogens is 1090 g/mol. The quantitative estimate of drug-likeness (QED) is 0.0244. The summed E-state index contributed by atoms with van der Waals surface area (Å²) in [6.45, 7) is 5.23. The third-order valence-corrected chi connectivity index (χ3v) is 15.3. The normalized spacial score (nSPS) is 18.3. The number of carbonyl (C=O) groups is 7. The second-order valence-electron chi connectivity index (χ2n) is 21.2. The fourth-order valence-corrected chi connectivity index (χ4v) is 10.9. The predicted molar refractivity (Wildman–Crippen MR) is 305 cm³/mol. The Hall–Kier alpha value is -7.36. The van der Waals surface area contributed by atoms with E-state index in [1.165, 1.54) is 23.3 Å². The number of amides is 7. The molecule has 7 amide bonds. The first kappa shape index (κ1) is 63.2. The molecule has 26 heteroatoms. The maximum Gasteiger partial charge on any atom is 0.407 e. The Labute approximate surface area is 482 Å². The van der Waals surface area contributed by atoms with Gasteiger partial charge in [-0.15, -0.1) is 0 Å². The summed E-state index contributed by atoms with van der Waals surface area (Å²) in [5, 5.41) is 20.5. The predicted octanol–water partition coefficient (Wildman–Crippen LogP) is 4.64. The van der Waals surface area contributed by atoms with E-state index in [0.29, 0.717) is 49.8 Å². The lowest BCUT2D eigenvalue weighted by Crippen LogP contribution is -2.45. The number of alkyl carbamates (subject to hydrolysis) is 1. The molecule has 0 unspecified atom stereocenters. The number of nitrogens with one attached hydrogen (secondary N) is 5. The van der Waals surface area contributed by atoms with E-state index in [0.717, 1.165) is 34.6 Å². The standard InChI is InChI=1S/C57H77N11O14S/c1-37(2)52(66-49(70)12-4-3-7-24-68-50(71)19-20-51(68)72)47(69)32-40(10-8-22-60-56(58)74)55(73)64-42-16-13-38(14-17-42)34-81-57(75)61-23-26-78-27-28-79-29-30-80-48-33-43(31-41(48)35-82-83(59,76)77)67-25-21-45-53(62-36-63-54(45)67)65-46-18-15-39-9-5-6-11-44(39)46/h5-6,9,11,13-14,16-17,19-21,25,36-37,40-41,43,46,48,52H,3-4,7-8,10,12,15,18,22-24,26-35H2,1-2H3,(H,61,75)(H,64,73)(H,66,70)(H3,58,60,74)(H2,59,76,77)(H,62,63,65)/t40-,41-,43+,46-,48-,52+/m0/s1. The first-order chi connectivity index (χ1) is 39.9. The number of ether oxygens (including phenoxy) is 4. The summed E-state index contributed by atoms with van der Waals surface area (Å²) in [6, 6.07) is 15.6. The van der Waals surface area contributed by atoms with Crippen LogP contribution in [0.15, 0.2) is 79.3 Å². The average molecular weight is 1170 g/mol. The molecule has 0 radical (unpaired) electrons. The summed E-state index contributed by atoms with van der Waals surface area (Å²) < 4.78 is 53.6. The highest BCUT2D eigenvalue weighted by Gasteiger charge is 2.38. The zero-order chi connectivity index (χ0) is 59.3. The van der Waals surface area contributed by atoms with E-state index >= 15 is 0 Å². The molecule has 2 aromatic heterocycles. The minimum Gasteiger partial charge on any atom is -0.445 e. The topological polar surface area (TPSA) is 346 Å². The number of carbonyl (C=O) groups excluding carboxylic acids is 7. The first-order valence-corrected chi connectivity index (χ1v) is 29.7. The number of Topliss-reactive ketones (excluding diaryl/α,β-unsaturated/α-hetero) is 1. The molecular formula is C57H77N11O14S. The molecule has 3 heterocycles. The van der Waals surface area contributed by atoms with Gasteiger partial charge in [-0.25, -0.2) is 24.7 Å². The molecule has 9 N–H and O–H groups in total. The number of urea groups is 1. The van der Waals surface area contributed by atoms with Gasteiger partial charge in [-0.1, -0.05) is 56.7 Å². The van der Waals surface area contributed by atoms with Crippen molar-refractivity contribution in [1.82, 2.24) is 35.4 Å². The Kier molecular flexibility index (Phi) is 23.9. The second kappa shape index (κ2) is 31.3. The number of rotatable bonds is 35.